The number of nitrogens with zero attached hydrogens (tertiary/aromatic N) is 1. The Hall–Kier alpha value is -2.20. The highest BCUT2D eigenvalue weighted by Crippen LogP contribution is 2.32. The lowest BCUT2D eigenvalue weighted by molar-refractivity contribution is 0.603. The molecule has 2 aromatic rings. The summed E-state index contributed by atoms with van der Waals surface area (Å²) in [5.41, 5.74) is 0.756. The van der Waals surface area contributed by atoms with Gasteiger partial charge in [0.05, 0.1) is 4.88 Å². The molecule has 0 spiro atoms. The Balaban J connectivity index is 2.28. The third-order valence-electron chi connectivity index (χ3n) is 3.01. The highest BCUT2D eigenvalue weighted by molar-refractivity contribution is 7.13. The average molecular weight is 253 g/mol. The van der Waals surface area contributed by atoms with E-state index in [1.54, 1.807) is 0 Å². The first-order valence-electron chi connectivity index (χ1n) is 5.53. The zero-order valence-corrected chi connectivity index (χ0v) is 10.0. The Morgan fingerprint density at radius 2 is 1.94 bits per heavy atom. The van der Waals surface area contributed by atoms with Crippen LogP contribution in [-0.4, -0.2) is 4.98 Å². The van der Waals surface area contributed by atoms with E-state index in [0.717, 1.165) is 38.0 Å². The van der Waals surface area contributed by atoms with Crippen molar-refractivity contribution in [3.63, 3.8) is 0 Å². The van der Waals surface area contributed by atoms with Crippen molar-refractivity contribution >= 4 is 33.1 Å². The van der Waals surface area contributed by atoms with Crippen LogP contribution in [0.15, 0.2) is 51.7 Å². The summed E-state index contributed by atoms with van der Waals surface area (Å²) >= 11 is 1.12. The molecular formula is C14H7NO2S. The molecule has 2 aromatic carbocycles. The molecule has 0 N–H and O–H groups in total. The quantitative estimate of drug-likeness (QED) is 0.450. The second-order valence-electron chi connectivity index (χ2n) is 4.09. The number of benzene rings is 2. The lowest BCUT2D eigenvalue weighted by Gasteiger charge is -2.04. The van der Waals surface area contributed by atoms with E-state index in [9.17, 15) is 4.79 Å². The van der Waals surface area contributed by atoms with E-state index in [4.69, 9.17) is 4.42 Å². The Kier molecular flexibility index (Phi) is 1.85. The van der Waals surface area contributed by atoms with Crippen LogP contribution in [0.2, 0.25) is 0 Å². The summed E-state index contributed by atoms with van der Waals surface area (Å²) in [7, 11) is 0. The summed E-state index contributed by atoms with van der Waals surface area (Å²) in [5.74, 6) is 0.424. The standard InChI is InChI=1S/C14H7NO2S/c16-14-15-13-12(18-14)7-10-9-4-2-1-3-8(9)5-6-11(10)17-13/h1-7H. The molecule has 0 radical (unpaired) electrons. The molecule has 0 amide bonds. The molecule has 0 bridgehead atoms. The van der Waals surface area contributed by atoms with Crippen molar-refractivity contribution in [2.45, 2.75) is 0 Å². The van der Waals surface area contributed by atoms with Gasteiger partial charge in [0, 0.05) is 5.39 Å². The Labute approximate surface area is 106 Å². The zero-order valence-electron chi connectivity index (χ0n) is 9.21. The van der Waals surface area contributed by atoms with Crippen molar-refractivity contribution in [1.29, 1.82) is 0 Å². The first-order valence-corrected chi connectivity index (χ1v) is 6.35. The van der Waals surface area contributed by atoms with Gasteiger partial charge >= 0.3 is 4.87 Å². The molecule has 18 heavy (non-hydrogen) atoms. The average Bonchev–Trinajstić information content (AvgIpc) is 2.75. The normalized spacial score (nSPS) is 11.6. The highest BCUT2D eigenvalue weighted by atomic mass is 32.1. The van der Waals surface area contributed by atoms with Gasteiger partial charge in [0.25, 0.3) is 0 Å². The maximum Gasteiger partial charge on any atom is 0.330 e. The van der Waals surface area contributed by atoms with E-state index in [0.29, 0.717) is 5.89 Å². The molecule has 2 aliphatic rings. The van der Waals surface area contributed by atoms with Gasteiger partial charge in [-0.15, -0.1) is 0 Å². The van der Waals surface area contributed by atoms with Crippen LogP contribution in [-0.2, 0) is 0 Å². The molecule has 2 heterocycles. The minimum atomic E-state index is -0.214. The molecule has 0 fully saturated rings. The van der Waals surface area contributed by atoms with E-state index in [1.165, 1.54) is 0 Å². The number of rotatable bonds is 0. The zero-order chi connectivity index (χ0) is 12.1. The molecule has 3 nitrogen and oxygen atoms in total. The molecule has 0 saturated carbocycles. The van der Waals surface area contributed by atoms with Crippen LogP contribution >= 0.6 is 11.3 Å². The molecule has 2 aliphatic heterocycles. The van der Waals surface area contributed by atoms with Crippen LogP contribution in [0.25, 0.3) is 32.5 Å². The SMILES string of the molecule is O=c1nc2oc3ccc4ccccc4c3cc-2s1. The summed E-state index contributed by atoms with van der Waals surface area (Å²) < 4.78 is 5.67. The third kappa shape index (κ3) is 1.29. The van der Waals surface area contributed by atoms with Gasteiger partial charge in [0.15, 0.2) is 0 Å². The van der Waals surface area contributed by atoms with Gasteiger partial charge in [-0.05, 0) is 22.9 Å². The third-order valence-corrected chi connectivity index (χ3v) is 3.79. The molecule has 0 unspecified atom stereocenters. The van der Waals surface area contributed by atoms with Crippen molar-refractivity contribution in [3.8, 4) is 10.8 Å². The Bertz CT molecular complexity index is 906. The van der Waals surface area contributed by atoms with Crippen LogP contribution in [0.1, 0.15) is 0 Å². The van der Waals surface area contributed by atoms with E-state index >= 15 is 0 Å². The molecular weight excluding hydrogens is 246 g/mol. The van der Waals surface area contributed by atoms with Crippen molar-refractivity contribution in [2.24, 2.45) is 0 Å². The van der Waals surface area contributed by atoms with E-state index in [2.05, 4.69) is 17.1 Å². The highest BCUT2D eigenvalue weighted by Gasteiger charge is 2.13. The van der Waals surface area contributed by atoms with Gasteiger partial charge in [-0.2, -0.15) is 4.98 Å². The van der Waals surface area contributed by atoms with Gasteiger partial charge in [0.2, 0.25) is 5.89 Å². The first kappa shape index (κ1) is 9.79. The molecule has 0 atom stereocenters. The topological polar surface area (TPSA) is 43.1 Å². The summed E-state index contributed by atoms with van der Waals surface area (Å²) in [6.45, 7) is 0. The van der Waals surface area contributed by atoms with E-state index in [1.807, 2.05) is 30.3 Å². The minimum absolute atomic E-state index is 0.214. The monoisotopic (exact) mass is 253 g/mol. The van der Waals surface area contributed by atoms with Crippen molar-refractivity contribution in [2.75, 3.05) is 0 Å². The lowest BCUT2D eigenvalue weighted by atomic mass is 10.1. The molecule has 0 saturated heterocycles. The maximum atomic E-state index is 11.3. The molecule has 0 aliphatic carbocycles. The first-order chi connectivity index (χ1) is 8.81. The molecule has 4 rings (SSSR count). The van der Waals surface area contributed by atoms with Crippen molar-refractivity contribution < 1.29 is 4.42 Å². The summed E-state index contributed by atoms with van der Waals surface area (Å²) in [6.07, 6.45) is 0. The number of hydrogen-bond donors (Lipinski definition) is 0. The second kappa shape index (κ2) is 3.40. The fourth-order valence-corrected chi connectivity index (χ4v) is 2.88. The Morgan fingerprint density at radius 1 is 1.06 bits per heavy atom. The number of aromatic nitrogens is 1. The molecule has 86 valence electrons. The Morgan fingerprint density at radius 3 is 2.89 bits per heavy atom. The number of thiazole rings is 1. The summed E-state index contributed by atoms with van der Waals surface area (Å²) in [6, 6.07) is 14.0. The van der Waals surface area contributed by atoms with Gasteiger partial charge in [-0.3, -0.25) is 4.79 Å². The predicted octanol–water partition coefficient (Wildman–Crippen LogP) is 3.51. The maximum absolute atomic E-state index is 11.3. The van der Waals surface area contributed by atoms with Crippen LogP contribution in [0.4, 0.5) is 0 Å². The smallest absolute Gasteiger partial charge is 0.330 e. The van der Waals surface area contributed by atoms with E-state index < -0.39 is 0 Å². The molecule has 4 heteroatoms. The lowest BCUT2D eigenvalue weighted by Crippen LogP contribution is -1.90. The van der Waals surface area contributed by atoms with Crippen molar-refractivity contribution in [1.82, 2.24) is 4.98 Å². The van der Waals surface area contributed by atoms with Gasteiger partial charge in [0.1, 0.15) is 5.58 Å². The van der Waals surface area contributed by atoms with Gasteiger partial charge in [-0.25, -0.2) is 0 Å². The second-order valence-corrected chi connectivity index (χ2v) is 5.09. The van der Waals surface area contributed by atoms with Crippen LogP contribution in [0, 0.1) is 0 Å². The van der Waals surface area contributed by atoms with Crippen LogP contribution in [0.3, 0.4) is 0 Å². The van der Waals surface area contributed by atoms with E-state index in [-0.39, 0.29) is 4.87 Å². The number of fused-ring (bicyclic) bond motifs is 4. The van der Waals surface area contributed by atoms with Gasteiger partial charge < -0.3 is 4.42 Å². The predicted molar refractivity (Wildman–Crippen MR) is 72.3 cm³/mol. The minimum Gasteiger partial charge on any atom is -0.437 e. The summed E-state index contributed by atoms with van der Waals surface area (Å²) in [5, 5.41) is 3.30. The van der Waals surface area contributed by atoms with Crippen molar-refractivity contribution in [3.05, 3.63) is 52.1 Å². The van der Waals surface area contributed by atoms with Crippen LogP contribution in [0.5, 0.6) is 0 Å². The fourth-order valence-electron chi connectivity index (χ4n) is 2.21. The molecule has 0 aromatic heterocycles. The largest absolute Gasteiger partial charge is 0.437 e. The number of hydrogen-bond acceptors (Lipinski definition) is 4. The fraction of sp³-hybridized carbons (Fsp3) is 0. The van der Waals surface area contributed by atoms with Crippen LogP contribution < -0.4 is 4.87 Å². The van der Waals surface area contributed by atoms with Gasteiger partial charge in [-0.1, -0.05) is 41.7 Å². The summed E-state index contributed by atoms with van der Waals surface area (Å²) in [4.78, 5) is 15.7.